The lowest BCUT2D eigenvalue weighted by atomic mass is 9.90. The molecule has 1 saturated carbocycles. The van der Waals surface area contributed by atoms with Gasteiger partial charge in [0.05, 0.1) is 13.0 Å². The second-order valence-electron chi connectivity index (χ2n) is 5.66. The van der Waals surface area contributed by atoms with E-state index >= 15 is 0 Å². The fourth-order valence-electron chi connectivity index (χ4n) is 2.97. The van der Waals surface area contributed by atoms with Gasteiger partial charge in [0.2, 0.25) is 5.91 Å². The largest absolute Gasteiger partial charge is 0.493 e. The molecule has 0 heterocycles. The summed E-state index contributed by atoms with van der Waals surface area (Å²) in [7, 11) is 0. The van der Waals surface area contributed by atoms with Crippen LogP contribution in [-0.4, -0.2) is 36.0 Å². The number of benzene rings is 1. The van der Waals surface area contributed by atoms with Crippen LogP contribution in [-0.2, 0) is 4.79 Å². The van der Waals surface area contributed by atoms with Crippen LogP contribution >= 0.6 is 0 Å². The van der Waals surface area contributed by atoms with Crippen LogP contribution in [0.5, 0.6) is 5.75 Å². The van der Waals surface area contributed by atoms with Gasteiger partial charge in [-0.3, -0.25) is 4.79 Å². The number of carbonyl (C=O) groups excluding carboxylic acids is 1. The summed E-state index contributed by atoms with van der Waals surface area (Å²) in [6.07, 6.45) is 4.54. The van der Waals surface area contributed by atoms with E-state index in [1.807, 2.05) is 42.2 Å². The maximum atomic E-state index is 12.4. The van der Waals surface area contributed by atoms with Crippen molar-refractivity contribution in [1.82, 2.24) is 4.90 Å². The molecular weight excluding hydrogens is 264 g/mol. The van der Waals surface area contributed by atoms with E-state index in [1.54, 1.807) is 0 Å². The lowest BCUT2D eigenvalue weighted by molar-refractivity contribution is -0.134. The number of carbonyl (C=O) groups is 1. The first-order chi connectivity index (χ1) is 10.2. The minimum Gasteiger partial charge on any atom is -0.493 e. The first-order valence-corrected chi connectivity index (χ1v) is 7.93. The molecular formula is C17H26N2O2. The fourth-order valence-corrected chi connectivity index (χ4v) is 2.97. The minimum absolute atomic E-state index is 0.189. The summed E-state index contributed by atoms with van der Waals surface area (Å²) in [5.41, 5.74) is 5.94. The third-order valence-electron chi connectivity index (χ3n) is 4.17. The van der Waals surface area contributed by atoms with Crippen LogP contribution in [0.15, 0.2) is 30.3 Å². The summed E-state index contributed by atoms with van der Waals surface area (Å²) in [4.78, 5) is 14.4. The summed E-state index contributed by atoms with van der Waals surface area (Å²) in [5.74, 6) is 1.01. The topological polar surface area (TPSA) is 55.6 Å². The van der Waals surface area contributed by atoms with Gasteiger partial charge in [-0.15, -0.1) is 0 Å². The molecule has 0 aliphatic heterocycles. The number of amides is 1. The summed E-state index contributed by atoms with van der Waals surface area (Å²) in [5, 5.41) is 0. The maximum Gasteiger partial charge on any atom is 0.226 e. The molecule has 1 aliphatic rings. The van der Waals surface area contributed by atoms with Crippen LogP contribution in [0.25, 0.3) is 0 Å². The molecule has 0 unspecified atom stereocenters. The second kappa shape index (κ2) is 8.03. The Morgan fingerprint density at radius 1 is 1.24 bits per heavy atom. The minimum atomic E-state index is 0.189. The average molecular weight is 290 g/mol. The molecule has 2 N–H and O–H groups in total. The van der Waals surface area contributed by atoms with E-state index < -0.39 is 0 Å². The van der Waals surface area contributed by atoms with Gasteiger partial charge in [-0.05, 0) is 44.7 Å². The molecule has 0 atom stereocenters. The molecule has 0 spiro atoms. The number of nitrogens with two attached hydrogens (primary N) is 1. The molecule has 0 saturated heterocycles. The van der Waals surface area contributed by atoms with Crippen LogP contribution in [0, 0.1) is 0 Å². The number of hydrogen-bond acceptors (Lipinski definition) is 3. The normalized spacial score (nSPS) is 21.8. The average Bonchev–Trinajstić information content (AvgIpc) is 2.51. The molecule has 21 heavy (non-hydrogen) atoms. The van der Waals surface area contributed by atoms with Crippen LogP contribution in [0.3, 0.4) is 0 Å². The lowest BCUT2D eigenvalue weighted by Crippen LogP contribution is -2.44. The molecule has 1 amide bonds. The first kappa shape index (κ1) is 15.8. The van der Waals surface area contributed by atoms with Gasteiger partial charge in [0.25, 0.3) is 0 Å². The standard InChI is InChI=1S/C17H26N2O2/c1-2-19(15-10-8-14(18)9-11-15)17(20)12-13-21-16-6-4-3-5-7-16/h3-7,14-15H,2,8-13,18H2,1H3. The lowest BCUT2D eigenvalue weighted by Gasteiger charge is -2.35. The van der Waals surface area contributed by atoms with E-state index in [9.17, 15) is 4.79 Å². The number of para-hydroxylation sites is 1. The predicted molar refractivity (Wildman–Crippen MR) is 84.2 cm³/mol. The van der Waals surface area contributed by atoms with Gasteiger partial charge in [-0.1, -0.05) is 18.2 Å². The molecule has 1 aliphatic carbocycles. The predicted octanol–water partition coefficient (Wildman–Crippen LogP) is 2.57. The molecule has 0 radical (unpaired) electrons. The Morgan fingerprint density at radius 3 is 2.52 bits per heavy atom. The second-order valence-corrected chi connectivity index (χ2v) is 5.66. The highest BCUT2D eigenvalue weighted by molar-refractivity contribution is 5.76. The Hall–Kier alpha value is -1.55. The number of rotatable bonds is 6. The Bertz CT molecular complexity index is 428. The first-order valence-electron chi connectivity index (χ1n) is 7.93. The zero-order valence-corrected chi connectivity index (χ0v) is 12.8. The fraction of sp³-hybridized carbons (Fsp3) is 0.588. The molecule has 116 valence electrons. The zero-order chi connectivity index (χ0) is 15.1. The van der Waals surface area contributed by atoms with Crippen LogP contribution in [0.2, 0.25) is 0 Å². The third kappa shape index (κ3) is 4.74. The Labute approximate surface area is 127 Å². The molecule has 2 rings (SSSR count). The van der Waals surface area contributed by atoms with Gasteiger partial charge in [-0.25, -0.2) is 0 Å². The van der Waals surface area contributed by atoms with E-state index in [2.05, 4.69) is 0 Å². The highest BCUT2D eigenvalue weighted by Crippen LogP contribution is 2.22. The summed E-state index contributed by atoms with van der Waals surface area (Å²) in [6, 6.07) is 10.3. The van der Waals surface area contributed by atoms with E-state index in [1.165, 1.54) is 0 Å². The number of ether oxygens (including phenoxy) is 1. The van der Waals surface area contributed by atoms with E-state index in [4.69, 9.17) is 10.5 Å². The quantitative estimate of drug-likeness (QED) is 0.876. The van der Waals surface area contributed by atoms with Gasteiger partial charge in [0.1, 0.15) is 5.75 Å². The van der Waals surface area contributed by atoms with Gasteiger partial charge >= 0.3 is 0 Å². The van der Waals surface area contributed by atoms with E-state index in [0.717, 1.165) is 38.0 Å². The molecule has 0 aromatic heterocycles. The zero-order valence-electron chi connectivity index (χ0n) is 12.8. The number of hydrogen-bond donors (Lipinski definition) is 1. The van der Waals surface area contributed by atoms with E-state index in [0.29, 0.717) is 25.1 Å². The van der Waals surface area contributed by atoms with Crippen molar-refractivity contribution < 1.29 is 9.53 Å². The third-order valence-corrected chi connectivity index (χ3v) is 4.17. The van der Waals surface area contributed by atoms with Crippen LogP contribution < -0.4 is 10.5 Å². The van der Waals surface area contributed by atoms with Crippen molar-refractivity contribution >= 4 is 5.91 Å². The highest BCUT2D eigenvalue weighted by Gasteiger charge is 2.26. The molecule has 1 fully saturated rings. The molecule has 1 aromatic carbocycles. The monoisotopic (exact) mass is 290 g/mol. The van der Waals surface area contributed by atoms with Crippen molar-refractivity contribution in [2.75, 3.05) is 13.2 Å². The molecule has 4 heteroatoms. The molecule has 0 bridgehead atoms. The summed E-state index contributed by atoms with van der Waals surface area (Å²) < 4.78 is 5.61. The van der Waals surface area contributed by atoms with Crippen molar-refractivity contribution in [3.8, 4) is 5.75 Å². The SMILES string of the molecule is CCN(C(=O)CCOc1ccccc1)C1CCC(N)CC1. The van der Waals surface area contributed by atoms with Gasteiger partial charge in [0, 0.05) is 18.6 Å². The maximum absolute atomic E-state index is 12.4. The van der Waals surface area contributed by atoms with Crippen molar-refractivity contribution in [2.24, 2.45) is 5.73 Å². The Balaban J connectivity index is 1.77. The molecule has 4 nitrogen and oxygen atoms in total. The van der Waals surface area contributed by atoms with Crippen molar-refractivity contribution in [3.05, 3.63) is 30.3 Å². The summed E-state index contributed by atoms with van der Waals surface area (Å²) >= 11 is 0. The Kier molecular flexibility index (Phi) is 6.05. The number of nitrogens with zero attached hydrogens (tertiary/aromatic N) is 1. The summed E-state index contributed by atoms with van der Waals surface area (Å²) in [6.45, 7) is 3.25. The van der Waals surface area contributed by atoms with Crippen molar-refractivity contribution in [2.45, 2.75) is 51.1 Å². The van der Waals surface area contributed by atoms with Crippen LogP contribution in [0.1, 0.15) is 39.0 Å². The van der Waals surface area contributed by atoms with Crippen molar-refractivity contribution in [3.63, 3.8) is 0 Å². The van der Waals surface area contributed by atoms with E-state index in [-0.39, 0.29) is 5.91 Å². The van der Waals surface area contributed by atoms with Crippen LogP contribution in [0.4, 0.5) is 0 Å². The smallest absolute Gasteiger partial charge is 0.226 e. The van der Waals surface area contributed by atoms with Gasteiger partial charge in [-0.2, -0.15) is 0 Å². The molecule has 1 aromatic rings. The van der Waals surface area contributed by atoms with Crippen molar-refractivity contribution in [1.29, 1.82) is 0 Å². The highest BCUT2D eigenvalue weighted by atomic mass is 16.5. The van der Waals surface area contributed by atoms with Gasteiger partial charge < -0.3 is 15.4 Å². The Morgan fingerprint density at radius 2 is 1.90 bits per heavy atom. The van der Waals surface area contributed by atoms with Gasteiger partial charge in [0.15, 0.2) is 0 Å².